The lowest BCUT2D eigenvalue weighted by molar-refractivity contribution is -0.136. The van der Waals surface area contributed by atoms with Crippen LogP contribution in [0.4, 0.5) is 11.6 Å². The van der Waals surface area contributed by atoms with Crippen molar-refractivity contribution in [1.82, 2.24) is 14.5 Å². The fourth-order valence-electron chi connectivity index (χ4n) is 4.23. The van der Waals surface area contributed by atoms with E-state index in [0.717, 1.165) is 36.7 Å². The van der Waals surface area contributed by atoms with Gasteiger partial charge in [-0.15, -0.1) is 0 Å². The molecular weight excluding hydrogens is 354 g/mol. The zero-order valence-electron chi connectivity index (χ0n) is 16.5. The minimum absolute atomic E-state index is 0.0471. The molecule has 7 nitrogen and oxygen atoms in total. The number of rotatable bonds is 4. The standard InChI is InChI=1S/C21H27N5O2/c1-3-16-6-4-5-7-18(16)26-15-17(14-19(26)27)20(28)24-10-12-25(13-11-24)21-22-8-9-23(21)2/h4-9,17H,3,10-15H2,1-2H3. The summed E-state index contributed by atoms with van der Waals surface area (Å²) in [5, 5.41) is 0. The second-order valence-corrected chi connectivity index (χ2v) is 7.54. The van der Waals surface area contributed by atoms with Crippen molar-refractivity contribution in [3.63, 3.8) is 0 Å². The highest BCUT2D eigenvalue weighted by Gasteiger charge is 2.38. The van der Waals surface area contributed by atoms with Gasteiger partial charge in [0, 0.05) is 64.3 Å². The smallest absolute Gasteiger partial charge is 0.228 e. The molecule has 0 spiro atoms. The van der Waals surface area contributed by atoms with Crippen molar-refractivity contribution in [2.75, 3.05) is 42.5 Å². The Kier molecular flexibility index (Phi) is 5.07. The predicted molar refractivity (Wildman–Crippen MR) is 108 cm³/mol. The van der Waals surface area contributed by atoms with Crippen LogP contribution < -0.4 is 9.80 Å². The first-order valence-corrected chi connectivity index (χ1v) is 9.97. The molecule has 1 aromatic heterocycles. The Balaban J connectivity index is 1.40. The number of imidazole rings is 1. The van der Waals surface area contributed by atoms with E-state index in [1.165, 1.54) is 0 Å². The van der Waals surface area contributed by atoms with Crippen LogP contribution in [0.2, 0.25) is 0 Å². The maximum absolute atomic E-state index is 13.0. The number of piperazine rings is 1. The SMILES string of the molecule is CCc1ccccc1N1CC(C(=O)N2CCN(c3nccn3C)CC2)CC1=O. The highest BCUT2D eigenvalue weighted by Crippen LogP contribution is 2.29. The number of carbonyl (C=O) groups excluding carboxylic acids is 2. The van der Waals surface area contributed by atoms with Crippen LogP contribution >= 0.6 is 0 Å². The number of aromatic nitrogens is 2. The van der Waals surface area contributed by atoms with Gasteiger partial charge in [0.15, 0.2) is 0 Å². The van der Waals surface area contributed by atoms with Gasteiger partial charge in [-0.3, -0.25) is 9.59 Å². The molecule has 1 atom stereocenters. The summed E-state index contributed by atoms with van der Waals surface area (Å²) in [6, 6.07) is 7.98. The second-order valence-electron chi connectivity index (χ2n) is 7.54. The van der Waals surface area contributed by atoms with E-state index in [1.807, 2.05) is 40.9 Å². The zero-order chi connectivity index (χ0) is 19.7. The van der Waals surface area contributed by atoms with Crippen LogP contribution in [-0.4, -0.2) is 59.0 Å². The fourth-order valence-corrected chi connectivity index (χ4v) is 4.23. The molecule has 4 rings (SSSR count). The van der Waals surface area contributed by atoms with Crippen molar-refractivity contribution in [2.45, 2.75) is 19.8 Å². The summed E-state index contributed by atoms with van der Waals surface area (Å²) in [5.41, 5.74) is 2.09. The number of hydrogen-bond donors (Lipinski definition) is 0. The molecule has 2 aliphatic rings. The van der Waals surface area contributed by atoms with E-state index in [-0.39, 0.29) is 17.7 Å². The van der Waals surface area contributed by atoms with Gasteiger partial charge in [-0.05, 0) is 18.1 Å². The van der Waals surface area contributed by atoms with Gasteiger partial charge in [-0.1, -0.05) is 25.1 Å². The van der Waals surface area contributed by atoms with Gasteiger partial charge in [-0.2, -0.15) is 0 Å². The van der Waals surface area contributed by atoms with Crippen LogP contribution in [0.1, 0.15) is 18.9 Å². The number of para-hydroxylation sites is 1. The van der Waals surface area contributed by atoms with E-state index < -0.39 is 0 Å². The number of benzene rings is 1. The van der Waals surface area contributed by atoms with Gasteiger partial charge in [0.05, 0.1) is 5.92 Å². The number of carbonyl (C=O) groups is 2. The summed E-state index contributed by atoms with van der Waals surface area (Å²) in [4.78, 5) is 36.0. The number of anilines is 2. The van der Waals surface area contributed by atoms with E-state index in [4.69, 9.17) is 0 Å². The molecule has 1 aromatic carbocycles. The average molecular weight is 381 g/mol. The highest BCUT2D eigenvalue weighted by atomic mass is 16.2. The first-order valence-electron chi connectivity index (χ1n) is 9.97. The monoisotopic (exact) mass is 381 g/mol. The quantitative estimate of drug-likeness (QED) is 0.809. The van der Waals surface area contributed by atoms with Gasteiger partial charge in [0.1, 0.15) is 0 Å². The van der Waals surface area contributed by atoms with E-state index in [9.17, 15) is 9.59 Å². The molecule has 2 aliphatic heterocycles. The lowest BCUT2D eigenvalue weighted by Crippen LogP contribution is -2.51. The van der Waals surface area contributed by atoms with E-state index >= 15 is 0 Å². The van der Waals surface area contributed by atoms with Gasteiger partial charge >= 0.3 is 0 Å². The van der Waals surface area contributed by atoms with Gasteiger partial charge in [-0.25, -0.2) is 4.98 Å². The second kappa shape index (κ2) is 7.66. The first-order chi connectivity index (χ1) is 13.6. The number of aryl methyl sites for hydroxylation is 2. The van der Waals surface area contributed by atoms with Gasteiger partial charge in [0.2, 0.25) is 17.8 Å². The minimum atomic E-state index is -0.253. The molecule has 0 radical (unpaired) electrons. The Morgan fingerprint density at radius 2 is 1.93 bits per heavy atom. The van der Waals surface area contributed by atoms with Crippen molar-refractivity contribution in [3.05, 3.63) is 42.2 Å². The third-order valence-electron chi connectivity index (χ3n) is 5.81. The summed E-state index contributed by atoms with van der Waals surface area (Å²) in [5.74, 6) is 0.831. The molecule has 2 saturated heterocycles. The van der Waals surface area contributed by atoms with Crippen LogP contribution in [0.15, 0.2) is 36.7 Å². The zero-order valence-corrected chi connectivity index (χ0v) is 16.5. The lowest BCUT2D eigenvalue weighted by atomic mass is 10.1. The maximum Gasteiger partial charge on any atom is 0.228 e. The molecule has 3 heterocycles. The normalized spacial score (nSPS) is 20.1. The number of hydrogen-bond acceptors (Lipinski definition) is 4. The van der Waals surface area contributed by atoms with Crippen LogP contribution in [0.5, 0.6) is 0 Å². The third-order valence-corrected chi connectivity index (χ3v) is 5.81. The van der Waals surface area contributed by atoms with Gasteiger partial charge < -0.3 is 19.3 Å². The molecule has 2 fully saturated rings. The molecule has 0 bridgehead atoms. The number of nitrogens with zero attached hydrogens (tertiary/aromatic N) is 5. The molecule has 2 amide bonds. The molecular formula is C21H27N5O2. The third kappa shape index (κ3) is 3.37. The molecule has 0 aliphatic carbocycles. The lowest BCUT2D eigenvalue weighted by Gasteiger charge is -2.36. The van der Waals surface area contributed by atoms with Crippen LogP contribution in [0.3, 0.4) is 0 Å². The maximum atomic E-state index is 13.0. The molecule has 0 saturated carbocycles. The minimum Gasteiger partial charge on any atom is -0.339 e. The Hall–Kier alpha value is -2.83. The molecule has 1 unspecified atom stereocenters. The summed E-state index contributed by atoms with van der Waals surface area (Å²) >= 11 is 0. The average Bonchev–Trinajstić information content (AvgIpc) is 3.33. The van der Waals surface area contributed by atoms with E-state index in [2.05, 4.69) is 22.9 Å². The van der Waals surface area contributed by atoms with Crippen molar-refractivity contribution in [3.8, 4) is 0 Å². The Labute approximate surface area is 165 Å². The molecule has 148 valence electrons. The molecule has 2 aromatic rings. The topological polar surface area (TPSA) is 61.7 Å². The van der Waals surface area contributed by atoms with Crippen LogP contribution in [-0.2, 0) is 23.1 Å². The summed E-state index contributed by atoms with van der Waals surface area (Å²) in [7, 11) is 1.98. The van der Waals surface area contributed by atoms with Gasteiger partial charge in [0.25, 0.3) is 0 Å². The summed E-state index contributed by atoms with van der Waals surface area (Å²) < 4.78 is 2.00. The summed E-state index contributed by atoms with van der Waals surface area (Å²) in [6.07, 6.45) is 4.89. The van der Waals surface area contributed by atoms with Crippen LogP contribution in [0, 0.1) is 5.92 Å². The Morgan fingerprint density at radius 1 is 1.18 bits per heavy atom. The highest BCUT2D eigenvalue weighted by molar-refractivity contribution is 6.00. The van der Waals surface area contributed by atoms with Crippen molar-refractivity contribution >= 4 is 23.5 Å². The van der Waals surface area contributed by atoms with E-state index in [0.29, 0.717) is 26.1 Å². The summed E-state index contributed by atoms with van der Waals surface area (Å²) in [6.45, 7) is 5.43. The van der Waals surface area contributed by atoms with Crippen LogP contribution in [0.25, 0.3) is 0 Å². The largest absolute Gasteiger partial charge is 0.339 e. The Bertz CT molecular complexity index is 869. The molecule has 7 heteroatoms. The predicted octanol–water partition coefficient (Wildman–Crippen LogP) is 1.68. The number of amides is 2. The fraction of sp³-hybridized carbons (Fsp3) is 0.476. The van der Waals surface area contributed by atoms with Crippen molar-refractivity contribution in [1.29, 1.82) is 0 Å². The molecule has 28 heavy (non-hydrogen) atoms. The molecule has 0 N–H and O–H groups in total. The van der Waals surface area contributed by atoms with Crippen molar-refractivity contribution in [2.24, 2.45) is 13.0 Å². The van der Waals surface area contributed by atoms with E-state index in [1.54, 1.807) is 11.1 Å². The Morgan fingerprint density at radius 3 is 2.61 bits per heavy atom. The van der Waals surface area contributed by atoms with Crippen molar-refractivity contribution < 1.29 is 9.59 Å². The first kappa shape index (κ1) is 18.5.